The number of aryl methyl sites for hydroxylation is 1. The normalized spacial score (nSPS) is 13.2. The van der Waals surface area contributed by atoms with Gasteiger partial charge in [0, 0.05) is 30.8 Å². The maximum atomic E-state index is 13.2. The molecule has 2 aromatic rings. The molecule has 0 saturated carbocycles. The number of carbonyl (C=O) groups is 3. The van der Waals surface area contributed by atoms with Crippen LogP contribution in [-0.2, 0) is 20.7 Å². The number of hydrogen-bond acceptors (Lipinski definition) is 6. The number of benzene rings is 2. The molecule has 2 amide bonds. The van der Waals surface area contributed by atoms with Gasteiger partial charge >= 0.3 is 18.0 Å². The number of nitrogen functional groups attached to an aromatic ring is 1. The molecular weight excluding hydrogens is 424 g/mol. The third kappa shape index (κ3) is 5.49. The summed E-state index contributed by atoms with van der Waals surface area (Å²) in [4.78, 5) is 39.9. The van der Waals surface area contributed by atoms with E-state index in [4.69, 9.17) is 20.6 Å². The first-order valence-electron chi connectivity index (χ1n) is 10.8. The van der Waals surface area contributed by atoms with Gasteiger partial charge in [-0.05, 0) is 56.2 Å². The van der Waals surface area contributed by atoms with E-state index < -0.39 is 5.97 Å². The van der Waals surface area contributed by atoms with Crippen LogP contribution in [0.25, 0.3) is 0 Å². The van der Waals surface area contributed by atoms with Gasteiger partial charge < -0.3 is 15.2 Å². The Hall–Kier alpha value is -3.88. The van der Waals surface area contributed by atoms with E-state index in [1.807, 2.05) is 24.3 Å². The Labute approximate surface area is 192 Å². The Morgan fingerprint density at radius 2 is 1.67 bits per heavy atom. The lowest BCUT2D eigenvalue weighted by molar-refractivity contribution is -0.143. The second-order valence-corrected chi connectivity index (χ2v) is 7.42. The summed E-state index contributed by atoms with van der Waals surface area (Å²) < 4.78 is 9.96. The highest BCUT2D eigenvalue weighted by Gasteiger charge is 2.32. The van der Waals surface area contributed by atoms with E-state index in [1.54, 1.807) is 35.8 Å². The van der Waals surface area contributed by atoms with Crippen molar-refractivity contribution < 1.29 is 23.9 Å². The van der Waals surface area contributed by atoms with Crippen molar-refractivity contribution in [2.24, 2.45) is 5.73 Å². The summed E-state index contributed by atoms with van der Waals surface area (Å²) >= 11 is 0. The first-order chi connectivity index (χ1) is 15.8. The highest BCUT2D eigenvalue weighted by Crippen LogP contribution is 2.29. The molecule has 0 bridgehead atoms. The number of amidine groups is 1. The highest BCUT2D eigenvalue weighted by molar-refractivity contribution is 6.11. The number of nitrogens with one attached hydrogen (secondary N) is 1. The lowest BCUT2D eigenvalue weighted by atomic mass is 10.1. The van der Waals surface area contributed by atoms with Crippen molar-refractivity contribution in [3.05, 3.63) is 59.2 Å². The summed E-state index contributed by atoms with van der Waals surface area (Å²) in [5, 5.41) is 7.92. The average molecular weight is 453 g/mol. The Balaban J connectivity index is 1.75. The number of nitrogens with two attached hydrogens (primary N) is 1. The van der Waals surface area contributed by atoms with Gasteiger partial charge in [0.15, 0.2) is 0 Å². The van der Waals surface area contributed by atoms with Crippen LogP contribution in [0, 0.1) is 5.41 Å². The number of amides is 2. The Morgan fingerprint density at radius 1 is 1.00 bits per heavy atom. The number of nitrogens with zero attached hydrogens (tertiary/aromatic N) is 2. The van der Waals surface area contributed by atoms with Gasteiger partial charge in [0.05, 0.1) is 24.5 Å². The third-order valence-corrected chi connectivity index (χ3v) is 5.27. The zero-order valence-corrected chi connectivity index (χ0v) is 18.8. The van der Waals surface area contributed by atoms with Crippen molar-refractivity contribution in [1.82, 2.24) is 0 Å². The molecule has 1 saturated heterocycles. The molecule has 174 valence electrons. The van der Waals surface area contributed by atoms with Crippen LogP contribution in [0.4, 0.5) is 16.2 Å². The Morgan fingerprint density at radius 3 is 2.30 bits per heavy atom. The first-order valence-corrected chi connectivity index (χ1v) is 10.8. The number of carbonyl (C=O) groups excluding carboxylic acids is 3. The fourth-order valence-electron chi connectivity index (χ4n) is 3.65. The van der Waals surface area contributed by atoms with Crippen molar-refractivity contribution in [2.75, 3.05) is 36.1 Å². The maximum Gasteiger partial charge on any atom is 0.338 e. The van der Waals surface area contributed by atoms with Gasteiger partial charge in [-0.1, -0.05) is 12.1 Å². The van der Waals surface area contributed by atoms with Gasteiger partial charge in [0.2, 0.25) is 0 Å². The second kappa shape index (κ2) is 10.6. The highest BCUT2D eigenvalue weighted by atomic mass is 16.5. The third-order valence-electron chi connectivity index (χ3n) is 5.27. The van der Waals surface area contributed by atoms with Crippen molar-refractivity contribution in [2.45, 2.75) is 26.7 Å². The monoisotopic (exact) mass is 452 g/mol. The molecule has 1 aliphatic rings. The van der Waals surface area contributed by atoms with Gasteiger partial charge in [0.1, 0.15) is 5.84 Å². The van der Waals surface area contributed by atoms with Crippen LogP contribution in [0.2, 0.25) is 0 Å². The van der Waals surface area contributed by atoms with E-state index in [2.05, 4.69) is 0 Å². The van der Waals surface area contributed by atoms with Crippen LogP contribution in [0.15, 0.2) is 42.5 Å². The summed E-state index contributed by atoms with van der Waals surface area (Å²) in [7, 11) is 0. The van der Waals surface area contributed by atoms with E-state index in [1.165, 1.54) is 6.07 Å². The molecule has 0 radical (unpaired) electrons. The molecular formula is C24H28N4O5. The molecule has 0 spiro atoms. The van der Waals surface area contributed by atoms with Crippen LogP contribution in [-0.4, -0.2) is 50.1 Å². The summed E-state index contributed by atoms with van der Waals surface area (Å²) in [5.41, 5.74) is 8.49. The molecule has 9 nitrogen and oxygen atoms in total. The van der Waals surface area contributed by atoms with Crippen molar-refractivity contribution >= 4 is 35.2 Å². The molecule has 0 unspecified atom stereocenters. The van der Waals surface area contributed by atoms with E-state index in [9.17, 15) is 14.4 Å². The average Bonchev–Trinajstić information content (AvgIpc) is 3.19. The molecule has 0 atom stereocenters. The van der Waals surface area contributed by atoms with E-state index >= 15 is 0 Å². The van der Waals surface area contributed by atoms with Gasteiger partial charge in [0.25, 0.3) is 0 Å². The summed E-state index contributed by atoms with van der Waals surface area (Å²) in [6, 6.07) is 11.9. The lowest BCUT2D eigenvalue weighted by Gasteiger charge is -2.21. The predicted octanol–water partition coefficient (Wildman–Crippen LogP) is 3.09. The molecule has 3 rings (SSSR count). The molecule has 1 heterocycles. The van der Waals surface area contributed by atoms with Crippen LogP contribution in [0.3, 0.4) is 0 Å². The molecule has 1 fully saturated rings. The summed E-state index contributed by atoms with van der Waals surface area (Å²) in [6.45, 7) is 4.94. The lowest BCUT2D eigenvalue weighted by Crippen LogP contribution is -2.33. The maximum absolute atomic E-state index is 13.2. The standard InChI is InChI=1S/C24H28N4O5/c1-3-32-21(29)12-7-16-5-9-18(10-6-16)27-13-14-28(24(27)31)20-11-8-17(23(30)33-4-2)15-19(20)22(25)26/h5-6,8-11,15H,3-4,7,12-14H2,1-2H3,(H3,25,26). The molecule has 33 heavy (non-hydrogen) atoms. The number of hydrogen-bond donors (Lipinski definition) is 2. The van der Waals surface area contributed by atoms with E-state index in [0.29, 0.717) is 43.8 Å². The molecule has 9 heteroatoms. The molecule has 0 aliphatic carbocycles. The summed E-state index contributed by atoms with van der Waals surface area (Å²) in [5.74, 6) is -0.987. The molecule has 2 aromatic carbocycles. The number of ether oxygens (including phenoxy) is 2. The van der Waals surface area contributed by atoms with E-state index in [0.717, 1.165) is 11.3 Å². The first kappa shape index (κ1) is 23.8. The Bertz CT molecular complexity index is 1050. The van der Waals surface area contributed by atoms with Crippen molar-refractivity contribution in [1.29, 1.82) is 5.41 Å². The van der Waals surface area contributed by atoms with Crippen LogP contribution < -0.4 is 15.5 Å². The largest absolute Gasteiger partial charge is 0.466 e. The summed E-state index contributed by atoms with van der Waals surface area (Å²) in [6.07, 6.45) is 0.868. The van der Waals surface area contributed by atoms with Crippen molar-refractivity contribution in [3.63, 3.8) is 0 Å². The van der Waals surface area contributed by atoms with Crippen LogP contribution in [0.1, 0.15) is 41.8 Å². The second-order valence-electron chi connectivity index (χ2n) is 7.42. The van der Waals surface area contributed by atoms with Crippen LogP contribution in [0.5, 0.6) is 0 Å². The quantitative estimate of drug-likeness (QED) is 0.342. The molecule has 3 N–H and O–H groups in total. The number of anilines is 2. The zero-order valence-electron chi connectivity index (χ0n) is 18.8. The zero-order chi connectivity index (χ0) is 24.0. The topological polar surface area (TPSA) is 126 Å². The predicted molar refractivity (Wildman–Crippen MR) is 125 cm³/mol. The van der Waals surface area contributed by atoms with Gasteiger partial charge in [-0.15, -0.1) is 0 Å². The van der Waals surface area contributed by atoms with Crippen LogP contribution >= 0.6 is 0 Å². The number of urea groups is 1. The van der Waals surface area contributed by atoms with Gasteiger partial charge in [-0.2, -0.15) is 0 Å². The minimum absolute atomic E-state index is 0.233. The minimum atomic E-state index is -0.510. The van der Waals surface area contributed by atoms with E-state index in [-0.39, 0.29) is 30.0 Å². The fourth-order valence-corrected chi connectivity index (χ4v) is 3.65. The minimum Gasteiger partial charge on any atom is -0.466 e. The van der Waals surface area contributed by atoms with Gasteiger partial charge in [-0.25, -0.2) is 9.59 Å². The SMILES string of the molecule is CCOC(=O)CCc1ccc(N2CCN(c3ccc(C(=O)OCC)cc3C(=N)N)C2=O)cc1. The number of esters is 2. The smallest absolute Gasteiger partial charge is 0.338 e. The molecule has 1 aliphatic heterocycles. The molecule has 0 aromatic heterocycles. The fraction of sp³-hybridized carbons (Fsp3) is 0.333. The number of rotatable bonds is 9. The Kier molecular flexibility index (Phi) is 7.66. The van der Waals surface area contributed by atoms with Gasteiger partial charge in [-0.3, -0.25) is 20.0 Å². The van der Waals surface area contributed by atoms with Crippen molar-refractivity contribution in [3.8, 4) is 0 Å².